The Morgan fingerprint density at radius 2 is 2.05 bits per heavy atom. The third-order valence-electron chi connectivity index (χ3n) is 3.17. The highest BCUT2D eigenvalue weighted by molar-refractivity contribution is 7.99. The van der Waals surface area contributed by atoms with Crippen molar-refractivity contribution in [1.82, 2.24) is 9.78 Å². The van der Waals surface area contributed by atoms with Gasteiger partial charge in [0.25, 0.3) is 0 Å². The van der Waals surface area contributed by atoms with Crippen LogP contribution in [0.1, 0.15) is 11.3 Å². The van der Waals surface area contributed by atoms with E-state index in [2.05, 4.69) is 5.10 Å². The molecule has 1 aromatic carbocycles. The third-order valence-corrected chi connectivity index (χ3v) is 4.36. The van der Waals surface area contributed by atoms with Crippen molar-refractivity contribution in [2.75, 3.05) is 5.75 Å². The van der Waals surface area contributed by atoms with Gasteiger partial charge in [0.2, 0.25) is 0 Å². The van der Waals surface area contributed by atoms with E-state index in [0.717, 1.165) is 16.3 Å². The summed E-state index contributed by atoms with van der Waals surface area (Å²) in [6.45, 7) is 1.96. The van der Waals surface area contributed by atoms with Crippen LogP contribution < -0.4 is 5.73 Å². The van der Waals surface area contributed by atoms with Crippen LogP contribution >= 0.6 is 11.8 Å². The number of nitrogens with two attached hydrogens (primary N) is 1. The van der Waals surface area contributed by atoms with Crippen LogP contribution in [-0.4, -0.2) is 32.8 Å². The molecule has 0 aliphatic carbocycles. The molecule has 108 valence electrons. The molecule has 4 nitrogen and oxygen atoms in total. The Hall–Kier alpha value is -1.30. The number of hydrogen-bond donors (Lipinski definition) is 2. The van der Waals surface area contributed by atoms with Crippen LogP contribution in [0, 0.1) is 6.92 Å². The minimum absolute atomic E-state index is 0.251. The number of thioether (sulfide) groups is 1. The Bertz CT molecular complexity index is 541. The summed E-state index contributed by atoms with van der Waals surface area (Å²) in [5.41, 5.74) is 8.21. The van der Waals surface area contributed by atoms with E-state index in [0.29, 0.717) is 12.2 Å². The van der Waals surface area contributed by atoms with Gasteiger partial charge in [-0.2, -0.15) is 5.10 Å². The Balaban J connectivity index is 1.85. The Morgan fingerprint density at radius 3 is 2.65 bits per heavy atom. The summed E-state index contributed by atoms with van der Waals surface area (Å²) in [5.74, 6) is 0.576. The normalized spacial score (nSPS) is 14.2. The lowest BCUT2D eigenvalue weighted by molar-refractivity contribution is 0.167. The van der Waals surface area contributed by atoms with Crippen molar-refractivity contribution in [3.63, 3.8) is 0 Å². The lowest BCUT2D eigenvalue weighted by atomic mass is 10.0. The molecule has 0 radical (unpaired) electrons. The summed E-state index contributed by atoms with van der Waals surface area (Å²) in [6, 6.07) is 11.8. The van der Waals surface area contributed by atoms with Gasteiger partial charge in [0.1, 0.15) is 0 Å². The smallest absolute Gasteiger partial charge is 0.0940 e. The van der Waals surface area contributed by atoms with Crippen molar-refractivity contribution >= 4 is 11.8 Å². The molecule has 2 atom stereocenters. The monoisotopic (exact) mass is 291 g/mol. The van der Waals surface area contributed by atoms with Crippen LogP contribution in [0.25, 0.3) is 0 Å². The molecule has 2 unspecified atom stereocenters. The van der Waals surface area contributed by atoms with Gasteiger partial charge < -0.3 is 10.8 Å². The minimum Gasteiger partial charge on any atom is -0.391 e. The first-order valence-electron chi connectivity index (χ1n) is 6.67. The quantitative estimate of drug-likeness (QED) is 0.796. The largest absolute Gasteiger partial charge is 0.391 e. The van der Waals surface area contributed by atoms with Crippen molar-refractivity contribution in [3.05, 3.63) is 47.7 Å². The molecule has 1 aromatic heterocycles. The van der Waals surface area contributed by atoms with Crippen molar-refractivity contribution in [3.8, 4) is 0 Å². The van der Waals surface area contributed by atoms with Gasteiger partial charge in [0, 0.05) is 18.8 Å². The maximum absolute atomic E-state index is 10.2. The molecule has 2 aromatic rings. The van der Waals surface area contributed by atoms with Gasteiger partial charge in [-0.05, 0) is 25.0 Å². The zero-order valence-corrected chi connectivity index (χ0v) is 12.7. The highest BCUT2D eigenvalue weighted by atomic mass is 32.2. The average molecular weight is 291 g/mol. The highest BCUT2D eigenvalue weighted by Gasteiger charge is 2.16. The Morgan fingerprint density at radius 1 is 1.35 bits per heavy atom. The standard InChI is InChI=1S/C15H21N3OS/c1-11-8-15(18(2)17-11)20-10-14(19)13(16)9-12-6-4-3-5-7-12/h3-8,13-14,19H,9-10,16H2,1-2H3. The second kappa shape index (κ2) is 6.92. The first-order chi connectivity index (χ1) is 9.56. The van der Waals surface area contributed by atoms with Crippen LogP contribution in [0.4, 0.5) is 0 Å². The number of aromatic nitrogens is 2. The molecule has 0 saturated carbocycles. The molecule has 20 heavy (non-hydrogen) atoms. The van der Waals surface area contributed by atoms with Gasteiger partial charge >= 0.3 is 0 Å². The van der Waals surface area contributed by atoms with Crippen molar-refractivity contribution in [2.45, 2.75) is 30.5 Å². The number of aryl methyl sites for hydroxylation is 2. The van der Waals surface area contributed by atoms with E-state index < -0.39 is 6.10 Å². The molecule has 0 aliphatic rings. The molecule has 0 bridgehead atoms. The van der Waals surface area contributed by atoms with Gasteiger partial charge in [0.15, 0.2) is 0 Å². The highest BCUT2D eigenvalue weighted by Crippen LogP contribution is 2.20. The summed E-state index contributed by atoms with van der Waals surface area (Å²) in [4.78, 5) is 0. The van der Waals surface area contributed by atoms with Crippen LogP contribution in [0.5, 0.6) is 0 Å². The molecule has 3 N–H and O–H groups in total. The van der Waals surface area contributed by atoms with E-state index in [-0.39, 0.29) is 6.04 Å². The minimum atomic E-state index is -0.532. The van der Waals surface area contributed by atoms with Crippen LogP contribution in [0.15, 0.2) is 41.4 Å². The molecule has 5 heteroatoms. The van der Waals surface area contributed by atoms with Crippen LogP contribution in [0.3, 0.4) is 0 Å². The molecule has 0 fully saturated rings. The molecule has 0 amide bonds. The zero-order chi connectivity index (χ0) is 14.5. The van der Waals surface area contributed by atoms with Crippen molar-refractivity contribution in [2.24, 2.45) is 12.8 Å². The van der Waals surface area contributed by atoms with E-state index >= 15 is 0 Å². The Kier molecular flexibility index (Phi) is 5.23. The molecule has 1 heterocycles. The van der Waals surface area contributed by atoms with E-state index in [4.69, 9.17) is 5.73 Å². The van der Waals surface area contributed by atoms with Gasteiger partial charge in [-0.3, -0.25) is 4.68 Å². The summed E-state index contributed by atoms with van der Waals surface area (Å²) in [5, 5.41) is 15.5. The second-order valence-corrected chi connectivity index (χ2v) is 6.02. The number of rotatable bonds is 6. The topological polar surface area (TPSA) is 64.1 Å². The van der Waals surface area contributed by atoms with Gasteiger partial charge in [-0.15, -0.1) is 11.8 Å². The van der Waals surface area contributed by atoms with Crippen molar-refractivity contribution in [1.29, 1.82) is 0 Å². The fraction of sp³-hybridized carbons (Fsp3) is 0.400. The number of benzene rings is 1. The molecule has 0 spiro atoms. The maximum atomic E-state index is 10.2. The number of nitrogens with zero attached hydrogens (tertiary/aromatic N) is 2. The predicted octanol–water partition coefficient (Wildman–Crippen LogP) is 1.75. The second-order valence-electron chi connectivity index (χ2n) is 4.98. The molecule has 0 aliphatic heterocycles. The number of aliphatic hydroxyl groups excluding tert-OH is 1. The lowest BCUT2D eigenvalue weighted by Crippen LogP contribution is -2.38. The van der Waals surface area contributed by atoms with E-state index in [1.54, 1.807) is 11.8 Å². The fourth-order valence-corrected chi connectivity index (χ4v) is 3.11. The van der Waals surface area contributed by atoms with E-state index in [1.165, 1.54) is 0 Å². The predicted molar refractivity (Wildman–Crippen MR) is 82.8 cm³/mol. The first kappa shape index (κ1) is 15.1. The molecular weight excluding hydrogens is 270 g/mol. The van der Waals surface area contributed by atoms with Gasteiger partial charge in [-0.1, -0.05) is 30.3 Å². The lowest BCUT2D eigenvalue weighted by Gasteiger charge is -2.18. The number of aliphatic hydroxyl groups is 1. The SMILES string of the molecule is Cc1cc(SCC(O)C(N)Cc2ccccc2)n(C)n1. The summed E-state index contributed by atoms with van der Waals surface area (Å²) in [6.07, 6.45) is 0.155. The van der Waals surface area contributed by atoms with Crippen LogP contribution in [0.2, 0.25) is 0 Å². The van der Waals surface area contributed by atoms with E-state index in [9.17, 15) is 5.11 Å². The molecule has 0 saturated heterocycles. The summed E-state index contributed by atoms with van der Waals surface area (Å²) in [7, 11) is 1.91. The Labute approximate surface area is 124 Å². The fourth-order valence-electron chi connectivity index (χ4n) is 2.04. The third kappa shape index (κ3) is 4.10. The zero-order valence-electron chi connectivity index (χ0n) is 11.9. The van der Waals surface area contributed by atoms with Gasteiger partial charge in [0.05, 0.1) is 16.8 Å². The van der Waals surface area contributed by atoms with E-state index in [1.807, 2.05) is 55.1 Å². The van der Waals surface area contributed by atoms with Gasteiger partial charge in [-0.25, -0.2) is 0 Å². The summed E-state index contributed by atoms with van der Waals surface area (Å²) < 4.78 is 1.83. The number of hydrogen-bond acceptors (Lipinski definition) is 4. The first-order valence-corrected chi connectivity index (χ1v) is 7.66. The summed E-state index contributed by atoms with van der Waals surface area (Å²) >= 11 is 1.59. The molecular formula is C15H21N3OS. The van der Waals surface area contributed by atoms with Crippen molar-refractivity contribution < 1.29 is 5.11 Å². The average Bonchev–Trinajstić information content (AvgIpc) is 2.75. The van der Waals surface area contributed by atoms with Crippen LogP contribution in [-0.2, 0) is 13.5 Å². The molecule has 2 rings (SSSR count). The maximum Gasteiger partial charge on any atom is 0.0940 e.